The van der Waals surface area contributed by atoms with Gasteiger partial charge in [0.15, 0.2) is 0 Å². The van der Waals surface area contributed by atoms with Gasteiger partial charge in [0, 0.05) is 6.42 Å². The van der Waals surface area contributed by atoms with Gasteiger partial charge in [0.05, 0.1) is 6.61 Å². The summed E-state index contributed by atoms with van der Waals surface area (Å²) in [5, 5.41) is 0. The highest BCUT2D eigenvalue weighted by atomic mass is 16.5. The van der Waals surface area contributed by atoms with E-state index in [4.69, 9.17) is 4.74 Å². The summed E-state index contributed by atoms with van der Waals surface area (Å²) in [5.41, 5.74) is -0.984. The Labute approximate surface area is 98.6 Å². The van der Waals surface area contributed by atoms with Gasteiger partial charge in [0.2, 0.25) is 0 Å². The summed E-state index contributed by atoms with van der Waals surface area (Å²) in [5.74, 6) is -0.419. The Bertz CT molecular complexity index is 231. The zero-order chi connectivity index (χ0) is 12.6. The Balaban J connectivity index is 4.08. The summed E-state index contributed by atoms with van der Waals surface area (Å²) >= 11 is 0. The lowest BCUT2D eigenvalue weighted by atomic mass is 9.85. The molecule has 0 radical (unpaired) electrons. The van der Waals surface area contributed by atoms with E-state index in [0.29, 0.717) is 13.0 Å². The second-order valence-corrected chi connectivity index (χ2v) is 4.58. The number of hydrogen-bond acceptors (Lipinski definition) is 3. The van der Waals surface area contributed by atoms with Crippen molar-refractivity contribution < 1.29 is 14.3 Å². The van der Waals surface area contributed by atoms with Crippen LogP contribution in [0.4, 0.5) is 0 Å². The molecule has 94 valence electrons. The molecule has 0 bridgehead atoms. The van der Waals surface area contributed by atoms with E-state index in [9.17, 15) is 9.59 Å². The third-order valence-electron chi connectivity index (χ3n) is 2.74. The number of ether oxygens (including phenoxy) is 1. The summed E-state index contributed by atoms with van der Waals surface area (Å²) in [7, 11) is 0. The van der Waals surface area contributed by atoms with Crippen LogP contribution in [0.3, 0.4) is 0 Å². The van der Waals surface area contributed by atoms with Gasteiger partial charge < -0.3 is 4.74 Å². The molecule has 0 saturated carbocycles. The fourth-order valence-electron chi connectivity index (χ4n) is 1.45. The van der Waals surface area contributed by atoms with Crippen molar-refractivity contribution in [3.63, 3.8) is 0 Å². The molecule has 3 heteroatoms. The van der Waals surface area contributed by atoms with E-state index in [1.165, 1.54) is 0 Å². The van der Waals surface area contributed by atoms with E-state index >= 15 is 0 Å². The molecule has 0 aromatic carbocycles. The average molecular weight is 228 g/mol. The number of unbranched alkanes of at least 4 members (excludes halogenated alkanes) is 3. The minimum absolute atomic E-state index is 0.0120. The SMILES string of the molecule is CCCCCCC(=O)C(C)(C)C(=O)OCC. The molecule has 0 saturated heterocycles. The number of Topliss-reactive ketones (excluding diaryl/α,β-unsaturated/α-hetero) is 1. The molecule has 0 aliphatic heterocycles. The summed E-state index contributed by atoms with van der Waals surface area (Å²) in [4.78, 5) is 23.4. The monoisotopic (exact) mass is 228 g/mol. The van der Waals surface area contributed by atoms with Crippen molar-refractivity contribution in [2.45, 2.75) is 59.8 Å². The van der Waals surface area contributed by atoms with Gasteiger partial charge in [0.25, 0.3) is 0 Å². The molecule has 0 aromatic heterocycles. The number of esters is 1. The lowest BCUT2D eigenvalue weighted by molar-refractivity contribution is -0.157. The van der Waals surface area contributed by atoms with Crippen LogP contribution >= 0.6 is 0 Å². The lowest BCUT2D eigenvalue weighted by Gasteiger charge is -2.20. The van der Waals surface area contributed by atoms with E-state index in [0.717, 1.165) is 25.7 Å². The first-order valence-corrected chi connectivity index (χ1v) is 6.17. The second kappa shape index (κ2) is 7.42. The van der Waals surface area contributed by atoms with Crippen LogP contribution in [0, 0.1) is 5.41 Å². The van der Waals surface area contributed by atoms with Gasteiger partial charge in [0.1, 0.15) is 11.2 Å². The number of rotatable bonds is 8. The van der Waals surface area contributed by atoms with Crippen molar-refractivity contribution in [3.05, 3.63) is 0 Å². The van der Waals surface area contributed by atoms with Gasteiger partial charge in [-0.05, 0) is 27.2 Å². The Hall–Kier alpha value is -0.860. The predicted molar refractivity (Wildman–Crippen MR) is 64.2 cm³/mol. The van der Waals surface area contributed by atoms with E-state index < -0.39 is 11.4 Å². The van der Waals surface area contributed by atoms with E-state index in [1.807, 2.05) is 0 Å². The van der Waals surface area contributed by atoms with Gasteiger partial charge >= 0.3 is 5.97 Å². The van der Waals surface area contributed by atoms with Crippen LogP contribution < -0.4 is 0 Å². The summed E-state index contributed by atoms with van der Waals surface area (Å²) in [6, 6.07) is 0. The van der Waals surface area contributed by atoms with Crippen molar-refractivity contribution in [1.29, 1.82) is 0 Å². The van der Waals surface area contributed by atoms with Crippen LogP contribution in [-0.4, -0.2) is 18.4 Å². The molecule has 0 amide bonds. The average Bonchev–Trinajstić information content (AvgIpc) is 2.24. The number of hydrogen-bond donors (Lipinski definition) is 0. The van der Waals surface area contributed by atoms with Crippen LogP contribution in [0.15, 0.2) is 0 Å². The van der Waals surface area contributed by atoms with Crippen LogP contribution in [0.1, 0.15) is 59.8 Å². The molecule has 0 spiro atoms. The molecule has 0 N–H and O–H groups in total. The molecular weight excluding hydrogens is 204 g/mol. The molecule has 0 aliphatic rings. The standard InChI is InChI=1S/C13H24O3/c1-5-7-8-9-10-11(14)13(3,4)12(15)16-6-2/h5-10H2,1-4H3. The number of carbonyl (C=O) groups is 2. The quantitative estimate of drug-likeness (QED) is 0.364. The fraction of sp³-hybridized carbons (Fsp3) is 0.846. The Morgan fingerprint density at radius 2 is 1.69 bits per heavy atom. The molecule has 0 rings (SSSR count). The molecule has 16 heavy (non-hydrogen) atoms. The highest BCUT2D eigenvalue weighted by Gasteiger charge is 2.36. The van der Waals surface area contributed by atoms with Crippen molar-refractivity contribution in [1.82, 2.24) is 0 Å². The van der Waals surface area contributed by atoms with Crippen LogP contribution in [0.25, 0.3) is 0 Å². The fourth-order valence-corrected chi connectivity index (χ4v) is 1.45. The number of ketones is 1. The molecule has 3 nitrogen and oxygen atoms in total. The van der Waals surface area contributed by atoms with Gasteiger partial charge in [-0.25, -0.2) is 0 Å². The Morgan fingerprint density at radius 1 is 1.06 bits per heavy atom. The van der Waals surface area contributed by atoms with E-state index in [1.54, 1.807) is 20.8 Å². The van der Waals surface area contributed by atoms with E-state index in [-0.39, 0.29) is 5.78 Å². The molecule has 0 heterocycles. The largest absolute Gasteiger partial charge is 0.465 e. The van der Waals surface area contributed by atoms with Gasteiger partial charge in [-0.3, -0.25) is 9.59 Å². The molecule has 0 unspecified atom stereocenters. The molecule has 0 aromatic rings. The summed E-state index contributed by atoms with van der Waals surface area (Å²) < 4.78 is 4.90. The highest BCUT2D eigenvalue weighted by Crippen LogP contribution is 2.22. The van der Waals surface area contributed by atoms with Crippen molar-refractivity contribution in [2.24, 2.45) is 5.41 Å². The summed E-state index contributed by atoms with van der Waals surface area (Å²) in [6.07, 6.45) is 4.70. The minimum atomic E-state index is -0.984. The Kier molecular flexibility index (Phi) is 7.02. The van der Waals surface area contributed by atoms with Crippen molar-refractivity contribution in [3.8, 4) is 0 Å². The maximum Gasteiger partial charge on any atom is 0.319 e. The van der Waals surface area contributed by atoms with Crippen LogP contribution in [0.2, 0.25) is 0 Å². The van der Waals surface area contributed by atoms with Crippen LogP contribution in [0.5, 0.6) is 0 Å². The zero-order valence-corrected chi connectivity index (χ0v) is 11.0. The highest BCUT2D eigenvalue weighted by molar-refractivity contribution is 6.02. The summed E-state index contributed by atoms with van der Waals surface area (Å²) in [6.45, 7) is 7.50. The minimum Gasteiger partial charge on any atom is -0.465 e. The number of carbonyl (C=O) groups excluding carboxylic acids is 2. The first-order valence-electron chi connectivity index (χ1n) is 6.17. The zero-order valence-electron chi connectivity index (χ0n) is 11.0. The van der Waals surface area contributed by atoms with Crippen molar-refractivity contribution >= 4 is 11.8 Å². The molecule has 0 aliphatic carbocycles. The van der Waals surface area contributed by atoms with Crippen LogP contribution in [-0.2, 0) is 14.3 Å². The maximum absolute atomic E-state index is 11.8. The normalized spacial score (nSPS) is 11.2. The molecular formula is C13H24O3. The first kappa shape index (κ1) is 15.1. The smallest absolute Gasteiger partial charge is 0.319 e. The van der Waals surface area contributed by atoms with E-state index in [2.05, 4.69) is 6.92 Å². The van der Waals surface area contributed by atoms with Gasteiger partial charge in [-0.1, -0.05) is 26.2 Å². The van der Waals surface area contributed by atoms with Crippen molar-refractivity contribution in [2.75, 3.05) is 6.61 Å². The first-order chi connectivity index (χ1) is 7.46. The third kappa shape index (κ3) is 4.77. The van der Waals surface area contributed by atoms with Gasteiger partial charge in [-0.2, -0.15) is 0 Å². The maximum atomic E-state index is 11.8. The topological polar surface area (TPSA) is 43.4 Å². The lowest BCUT2D eigenvalue weighted by Crippen LogP contribution is -2.35. The predicted octanol–water partition coefficient (Wildman–Crippen LogP) is 3.12. The molecule has 0 atom stereocenters. The second-order valence-electron chi connectivity index (χ2n) is 4.58. The Morgan fingerprint density at radius 3 is 2.19 bits per heavy atom. The third-order valence-corrected chi connectivity index (χ3v) is 2.74. The van der Waals surface area contributed by atoms with Gasteiger partial charge in [-0.15, -0.1) is 0 Å². The molecule has 0 fully saturated rings.